The fourth-order valence-corrected chi connectivity index (χ4v) is 5.17. The summed E-state index contributed by atoms with van der Waals surface area (Å²) >= 11 is 0. The van der Waals surface area contributed by atoms with E-state index in [0.717, 1.165) is 52.0 Å². The third kappa shape index (κ3) is 3.13. The van der Waals surface area contributed by atoms with Gasteiger partial charge < -0.3 is 34.4 Å². The molecular weight excluding hydrogens is 422 g/mol. The minimum Gasteiger partial charge on any atom is -0.458 e. The Hall–Kier alpha value is -3.07. The Balaban J connectivity index is 1.49. The van der Waals surface area contributed by atoms with Crippen LogP contribution in [0.2, 0.25) is 0 Å². The van der Waals surface area contributed by atoms with E-state index in [9.17, 15) is 25.2 Å². The summed E-state index contributed by atoms with van der Waals surface area (Å²) in [5.74, 6) is 2.67. The predicted molar refractivity (Wildman–Crippen MR) is 123 cm³/mol. The Morgan fingerprint density at radius 1 is 0.909 bits per heavy atom. The highest BCUT2D eigenvalue weighted by Gasteiger charge is 2.44. The van der Waals surface area contributed by atoms with Crippen molar-refractivity contribution in [2.75, 3.05) is 0 Å². The van der Waals surface area contributed by atoms with E-state index in [2.05, 4.69) is 6.08 Å². The van der Waals surface area contributed by atoms with Crippen LogP contribution in [-0.4, -0.2) is 39.4 Å². The van der Waals surface area contributed by atoms with Crippen LogP contribution in [0.1, 0.15) is 28.9 Å². The number of hydrogen-bond acceptors (Lipinski definition) is 7. The van der Waals surface area contributed by atoms with E-state index in [-0.39, 0.29) is 12.5 Å². The lowest BCUT2D eigenvalue weighted by atomic mass is 9.79. The molecule has 1 aromatic heterocycles. The van der Waals surface area contributed by atoms with E-state index in [0.29, 0.717) is 28.2 Å². The Morgan fingerprint density at radius 2 is 1.64 bits per heavy atom. The molecule has 2 aliphatic carbocycles. The summed E-state index contributed by atoms with van der Waals surface area (Å²) in [4.78, 5) is 0. The average Bonchev–Trinajstić information content (AvgIpc) is 3.45. The maximum absolute atomic E-state index is 9.92. The van der Waals surface area contributed by atoms with Gasteiger partial charge in [-0.1, -0.05) is 36.4 Å². The summed E-state index contributed by atoms with van der Waals surface area (Å²) in [6, 6.07) is 11.9. The molecule has 1 aliphatic heterocycles. The maximum atomic E-state index is 9.92. The summed E-state index contributed by atoms with van der Waals surface area (Å²) < 4.78 is 12.4. The second-order valence-corrected chi connectivity index (χ2v) is 8.65. The molecule has 164 valence electrons. The van der Waals surface area contributed by atoms with Crippen molar-refractivity contribution in [3.05, 3.63) is 76.2 Å². The van der Waals surface area contributed by atoms with Crippen molar-refractivity contribution < 1.29 is 34.4 Å². The maximum Gasteiger partial charge on any atom is 0.488 e. The summed E-state index contributed by atoms with van der Waals surface area (Å²) in [5.41, 5.74) is 6.40. The fraction of sp³-hybridized carbons (Fsp3) is 0.167. The van der Waals surface area contributed by atoms with Gasteiger partial charge in [-0.15, -0.1) is 0 Å². The summed E-state index contributed by atoms with van der Waals surface area (Å²) in [5, 5.41) is 47.8. The number of allylic oxidation sites excluding steroid dienone is 2. The third-order valence-electron chi connectivity index (χ3n) is 6.71. The number of furan rings is 1. The molecule has 6 rings (SSSR count). The lowest BCUT2D eigenvalue weighted by Crippen LogP contribution is -2.30. The van der Waals surface area contributed by atoms with Gasteiger partial charge in [0.1, 0.15) is 29.6 Å². The first kappa shape index (κ1) is 20.5. The molecular formula is C24H20B2O7. The molecule has 1 atom stereocenters. The number of benzene rings is 2. The topological polar surface area (TPSA) is 124 Å². The van der Waals surface area contributed by atoms with Crippen molar-refractivity contribution in [3.63, 3.8) is 0 Å². The van der Waals surface area contributed by atoms with Gasteiger partial charge in [0, 0.05) is 27.8 Å². The highest BCUT2D eigenvalue weighted by atomic mass is 16.5. The molecule has 0 fully saturated rings. The normalized spacial score (nSPS) is 17.7. The molecule has 3 aliphatic rings. The first-order valence-electron chi connectivity index (χ1n) is 10.8. The van der Waals surface area contributed by atoms with E-state index in [1.165, 1.54) is 0 Å². The number of aliphatic hydroxyl groups is 1. The third-order valence-corrected chi connectivity index (χ3v) is 6.71. The SMILES string of the molecule is OCc1oc(-c2ccc(B(O)O)cc2)c2c1C[C@@H]1CC3=Cc4ccc(B(O)O)cc4OC3=C21. The Kier molecular flexibility index (Phi) is 4.65. The number of rotatable bonds is 4. The lowest BCUT2D eigenvalue weighted by Gasteiger charge is -2.19. The zero-order valence-corrected chi connectivity index (χ0v) is 17.5. The van der Waals surface area contributed by atoms with Crippen molar-refractivity contribution in [1.29, 1.82) is 0 Å². The number of fused-ring (bicyclic) bond motifs is 5. The Bertz CT molecular complexity index is 1340. The van der Waals surface area contributed by atoms with Gasteiger partial charge in [0.05, 0.1) is 0 Å². The minimum atomic E-state index is -1.58. The van der Waals surface area contributed by atoms with E-state index in [1.807, 2.05) is 6.07 Å². The first-order chi connectivity index (χ1) is 15.9. The van der Waals surface area contributed by atoms with Crippen LogP contribution in [0.25, 0.3) is 23.0 Å². The molecule has 7 nitrogen and oxygen atoms in total. The van der Waals surface area contributed by atoms with Crippen molar-refractivity contribution in [3.8, 4) is 17.1 Å². The van der Waals surface area contributed by atoms with Crippen LogP contribution in [0.3, 0.4) is 0 Å². The van der Waals surface area contributed by atoms with Crippen LogP contribution in [0.15, 0.2) is 58.2 Å². The van der Waals surface area contributed by atoms with Crippen molar-refractivity contribution in [2.24, 2.45) is 5.92 Å². The Morgan fingerprint density at radius 3 is 2.33 bits per heavy atom. The number of aliphatic hydroxyl groups excluding tert-OH is 1. The van der Waals surface area contributed by atoms with Crippen molar-refractivity contribution in [1.82, 2.24) is 0 Å². The molecule has 5 N–H and O–H groups in total. The van der Waals surface area contributed by atoms with Crippen LogP contribution in [0.4, 0.5) is 0 Å². The molecule has 0 radical (unpaired) electrons. The molecule has 9 heteroatoms. The van der Waals surface area contributed by atoms with Gasteiger partial charge in [0.25, 0.3) is 0 Å². The highest BCUT2D eigenvalue weighted by molar-refractivity contribution is 6.59. The summed E-state index contributed by atoms with van der Waals surface area (Å²) in [7, 11) is -3.13. The fourth-order valence-electron chi connectivity index (χ4n) is 5.17. The largest absolute Gasteiger partial charge is 0.488 e. The monoisotopic (exact) mass is 442 g/mol. The van der Waals surface area contributed by atoms with E-state index in [1.54, 1.807) is 36.4 Å². The molecule has 2 aromatic carbocycles. The molecule has 0 bridgehead atoms. The summed E-state index contributed by atoms with van der Waals surface area (Å²) in [6.07, 6.45) is 3.62. The standard InChI is InChI=1S/C24H20B2O7/c27-11-20-18-9-14-8-15-7-13-3-6-17(26(30)31)10-19(13)32-24(15)21(14)22(18)23(33-20)12-1-4-16(5-2-12)25(28)29/h1-7,10,14,27-31H,8-9,11H2/t14-/m0/s1. The van der Waals surface area contributed by atoms with Crippen LogP contribution >= 0.6 is 0 Å². The van der Waals surface area contributed by atoms with Crippen LogP contribution in [0, 0.1) is 5.92 Å². The minimum absolute atomic E-state index is 0.201. The molecule has 0 saturated carbocycles. The highest BCUT2D eigenvalue weighted by Crippen LogP contribution is 2.56. The molecule has 33 heavy (non-hydrogen) atoms. The van der Waals surface area contributed by atoms with E-state index >= 15 is 0 Å². The zero-order valence-electron chi connectivity index (χ0n) is 17.5. The van der Waals surface area contributed by atoms with Gasteiger partial charge >= 0.3 is 14.2 Å². The van der Waals surface area contributed by atoms with Gasteiger partial charge in [-0.3, -0.25) is 0 Å². The molecule has 0 spiro atoms. The van der Waals surface area contributed by atoms with Gasteiger partial charge in [0.15, 0.2) is 0 Å². The second-order valence-electron chi connectivity index (χ2n) is 8.65. The quantitative estimate of drug-likeness (QED) is 0.375. The molecule has 0 unspecified atom stereocenters. The molecule has 0 saturated heterocycles. The lowest BCUT2D eigenvalue weighted by molar-refractivity contribution is 0.246. The Labute approximate surface area is 190 Å². The smallest absolute Gasteiger partial charge is 0.458 e. The van der Waals surface area contributed by atoms with Crippen molar-refractivity contribution >= 4 is 36.8 Å². The van der Waals surface area contributed by atoms with Gasteiger partial charge in [-0.05, 0) is 47.4 Å². The first-order valence-corrected chi connectivity index (χ1v) is 10.8. The van der Waals surface area contributed by atoms with Crippen LogP contribution in [0.5, 0.6) is 5.75 Å². The number of ether oxygens (including phenoxy) is 1. The second kappa shape index (κ2) is 7.48. The zero-order chi connectivity index (χ0) is 22.9. The van der Waals surface area contributed by atoms with Crippen LogP contribution in [-0.2, 0) is 13.0 Å². The summed E-state index contributed by atoms with van der Waals surface area (Å²) in [6.45, 7) is -0.213. The van der Waals surface area contributed by atoms with Gasteiger partial charge in [0.2, 0.25) is 0 Å². The molecule has 2 heterocycles. The van der Waals surface area contributed by atoms with Gasteiger partial charge in [-0.2, -0.15) is 0 Å². The van der Waals surface area contributed by atoms with Crippen LogP contribution < -0.4 is 15.7 Å². The van der Waals surface area contributed by atoms with Gasteiger partial charge in [-0.25, -0.2) is 0 Å². The van der Waals surface area contributed by atoms with Crippen molar-refractivity contribution in [2.45, 2.75) is 19.4 Å². The predicted octanol–water partition coefficient (Wildman–Crippen LogP) is 0.562. The molecule has 3 aromatic rings. The molecule has 0 amide bonds. The average molecular weight is 442 g/mol. The van der Waals surface area contributed by atoms with E-state index in [4.69, 9.17) is 9.15 Å². The van der Waals surface area contributed by atoms with E-state index < -0.39 is 14.2 Å². The number of hydrogen-bond donors (Lipinski definition) is 5.